The van der Waals surface area contributed by atoms with Gasteiger partial charge in [-0.3, -0.25) is 0 Å². The largest absolute Gasteiger partial charge is 0.398 e. The predicted molar refractivity (Wildman–Crippen MR) is 85.7 cm³/mol. The lowest BCUT2D eigenvalue weighted by Gasteiger charge is -2.14. The highest BCUT2D eigenvalue weighted by Gasteiger charge is 2.08. The Bertz CT molecular complexity index is 580. The number of nitrogens with two attached hydrogens (primary N) is 1. The molecule has 3 N–H and O–H groups in total. The van der Waals surface area contributed by atoms with E-state index < -0.39 is 0 Å². The molecule has 0 spiro atoms. The minimum atomic E-state index is 0.547. The number of anilines is 3. The van der Waals surface area contributed by atoms with Gasteiger partial charge in [0, 0.05) is 14.6 Å². The maximum absolute atomic E-state index is 6.04. The molecule has 0 saturated heterocycles. The second-order valence-corrected chi connectivity index (χ2v) is 6.03. The van der Waals surface area contributed by atoms with E-state index in [9.17, 15) is 0 Å². The Kier molecular flexibility index (Phi) is 4.20. The predicted octanol–water partition coefficient (Wildman–Crippen LogP) is 5.50. The Morgan fingerprint density at radius 3 is 2.39 bits per heavy atom. The zero-order valence-corrected chi connectivity index (χ0v) is 13.5. The second-order valence-electron chi connectivity index (χ2n) is 3.91. The van der Waals surface area contributed by atoms with Crippen molar-refractivity contribution in [2.24, 2.45) is 0 Å². The van der Waals surface area contributed by atoms with Crippen LogP contribution in [0.25, 0.3) is 0 Å². The molecule has 0 amide bonds. The lowest BCUT2D eigenvalue weighted by molar-refractivity contribution is 1.42. The molecule has 2 aromatic rings. The van der Waals surface area contributed by atoms with Crippen LogP contribution in [0.2, 0.25) is 5.02 Å². The summed E-state index contributed by atoms with van der Waals surface area (Å²) in [5.74, 6) is 0. The zero-order chi connectivity index (χ0) is 13.3. The van der Waals surface area contributed by atoms with E-state index in [1.54, 1.807) is 0 Å². The van der Waals surface area contributed by atoms with Crippen molar-refractivity contribution < 1.29 is 0 Å². The van der Waals surface area contributed by atoms with Gasteiger partial charge in [-0.05, 0) is 68.6 Å². The average Bonchev–Trinajstić information content (AvgIpc) is 2.30. The first-order chi connectivity index (χ1) is 8.49. The molecule has 0 heterocycles. The summed E-state index contributed by atoms with van der Waals surface area (Å²) < 4.78 is 1.95. The molecule has 0 unspecified atom stereocenters. The molecule has 0 radical (unpaired) electrons. The van der Waals surface area contributed by atoms with Crippen LogP contribution in [0.1, 0.15) is 5.56 Å². The lowest BCUT2D eigenvalue weighted by Crippen LogP contribution is -1.97. The van der Waals surface area contributed by atoms with Crippen LogP contribution < -0.4 is 11.1 Å². The van der Waals surface area contributed by atoms with Gasteiger partial charge in [-0.25, -0.2) is 0 Å². The minimum Gasteiger partial charge on any atom is -0.398 e. The minimum absolute atomic E-state index is 0.547. The Hall–Kier alpha value is -0.710. The molecule has 2 aromatic carbocycles. The Labute approximate surface area is 128 Å². The number of rotatable bonds is 2. The molecule has 2 rings (SSSR count). The third kappa shape index (κ3) is 2.82. The summed E-state index contributed by atoms with van der Waals surface area (Å²) in [4.78, 5) is 0. The van der Waals surface area contributed by atoms with Crippen LogP contribution >= 0.6 is 43.5 Å². The molecule has 0 aliphatic heterocycles. The molecule has 0 aromatic heterocycles. The molecule has 0 fully saturated rings. The number of halogens is 3. The Balaban J connectivity index is 2.43. The van der Waals surface area contributed by atoms with Crippen LogP contribution in [0.3, 0.4) is 0 Å². The van der Waals surface area contributed by atoms with Crippen molar-refractivity contribution in [3.8, 4) is 0 Å². The summed E-state index contributed by atoms with van der Waals surface area (Å²) in [7, 11) is 0. The fourth-order valence-electron chi connectivity index (χ4n) is 1.59. The number of hydrogen-bond acceptors (Lipinski definition) is 2. The Morgan fingerprint density at radius 1 is 1.17 bits per heavy atom. The average molecular weight is 391 g/mol. The van der Waals surface area contributed by atoms with Gasteiger partial charge in [-0.1, -0.05) is 17.7 Å². The van der Waals surface area contributed by atoms with E-state index in [4.69, 9.17) is 17.3 Å². The first-order valence-corrected chi connectivity index (χ1v) is 7.22. The van der Waals surface area contributed by atoms with E-state index >= 15 is 0 Å². The number of nitrogens with one attached hydrogen (secondary N) is 1. The summed E-state index contributed by atoms with van der Waals surface area (Å²) in [5.41, 5.74) is 9.29. The molecular weight excluding hydrogens is 379 g/mol. The number of benzene rings is 2. The molecule has 0 bridgehead atoms. The van der Waals surface area contributed by atoms with Crippen molar-refractivity contribution in [3.05, 3.63) is 49.9 Å². The van der Waals surface area contributed by atoms with E-state index in [1.807, 2.05) is 37.3 Å². The third-order valence-electron chi connectivity index (χ3n) is 2.57. The van der Waals surface area contributed by atoms with Crippen LogP contribution in [0.4, 0.5) is 17.1 Å². The fraction of sp³-hybridized carbons (Fsp3) is 0.0769. The highest BCUT2D eigenvalue weighted by atomic mass is 79.9. The van der Waals surface area contributed by atoms with Crippen LogP contribution in [-0.4, -0.2) is 0 Å². The SMILES string of the molecule is Cc1cc(N)c(Cl)cc1Nc1c(Br)cccc1Br. The van der Waals surface area contributed by atoms with Gasteiger partial charge in [0.25, 0.3) is 0 Å². The smallest absolute Gasteiger partial charge is 0.0673 e. The van der Waals surface area contributed by atoms with Gasteiger partial charge in [0.2, 0.25) is 0 Å². The maximum atomic E-state index is 6.04. The summed E-state index contributed by atoms with van der Waals surface area (Å²) in [5, 5.41) is 3.89. The molecule has 18 heavy (non-hydrogen) atoms. The van der Waals surface area contributed by atoms with Crippen molar-refractivity contribution in [1.82, 2.24) is 0 Å². The maximum Gasteiger partial charge on any atom is 0.0673 e. The van der Waals surface area contributed by atoms with Crippen molar-refractivity contribution in [2.45, 2.75) is 6.92 Å². The Morgan fingerprint density at radius 2 is 1.78 bits per heavy atom. The van der Waals surface area contributed by atoms with Crippen LogP contribution in [0, 0.1) is 6.92 Å². The first kappa shape index (κ1) is 13.7. The topological polar surface area (TPSA) is 38.0 Å². The van der Waals surface area contributed by atoms with Crippen molar-refractivity contribution in [3.63, 3.8) is 0 Å². The molecule has 0 aliphatic carbocycles. The molecule has 0 saturated carbocycles. The molecule has 0 aliphatic rings. The summed E-state index contributed by atoms with van der Waals surface area (Å²) in [6, 6.07) is 9.60. The fourth-order valence-corrected chi connectivity index (χ4v) is 2.95. The number of nitrogen functional groups attached to an aromatic ring is 1. The molecule has 94 valence electrons. The zero-order valence-electron chi connectivity index (χ0n) is 9.60. The summed E-state index contributed by atoms with van der Waals surface area (Å²) in [6.45, 7) is 1.99. The molecule has 5 heteroatoms. The lowest BCUT2D eigenvalue weighted by atomic mass is 10.1. The standard InChI is InChI=1S/C13H11Br2ClN2/c1-7-5-11(17)10(16)6-12(7)18-13-8(14)3-2-4-9(13)15/h2-6,18H,17H2,1H3. The van der Waals surface area contributed by atoms with E-state index in [0.29, 0.717) is 10.7 Å². The molecular formula is C13H11Br2ClN2. The van der Waals surface area contributed by atoms with E-state index in [1.165, 1.54) is 0 Å². The van der Waals surface area contributed by atoms with Gasteiger partial charge in [0.15, 0.2) is 0 Å². The van der Waals surface area contributed by atoms with Crippen molar-refractivity contribution >= 4 is 60.5 Å². The van der Waals surface area contributed by atoms with E-state index in [2.05, 4.69) is 37.2 Å². The summed E-state index contributed by atoms with van der Waals surface area (Å²) >= 11 is 13.1. The van der Waals surface area contributed by atoms with Crippen LogP contribution in [-0.2, 0) is 0 Å². The first-order valence-electron chi connectivity index (χ1n) is 5.25. The number of para-hydroxylation sites is 1. The highest BCUT2D eigenvalue weighted by molar-refractivity contribution is 9.11. The van der Waals surface area contributed by atoms with Crippen LogP contribution in [0.15, 0.2) is 39.3 Å². The van der Waals surface area contributed by atoms with Gasteiger partial charge in [-0.2, -0.15) is 0 Å². The van der Waals surface area contributed by atoms with E-state index in [0.717, 1.165) is 25.9 Å². The highest BCUT2D eigenvalue weighted by Crippen LogP contribution is 2.35. The monoisotopic (exact) mass is 388 g/mol. The molecule has 2 nitrogen and oxygen atoms in total. The second kappa shape index (κ2) is 5.51. The van der Waals surface area contributed by atoms with Crippen molar-refractivity contribution in [2.75, 3.05) is 11.1 Å². The van der Waals surface area contributed by atoms with Gasteiger partial charge in [-0.15, -0.1) is 0 Å². The van der Waals surface area contributed by atoms with Gasteiger partial charge in [0.05, 0.1) is 16.4 Å². The van der Waals surface area contributed by atoms with Gasteiger partial charge >= 0.3 is 0 Å². The number of hydrogen-bond donors (Lipinski definition) is 2. The number of aryl methyl sites for hydroxylation is 1. The normalized spacial score (nSPS) is 10.4. The van der Waals surface area contributed by atoms with E-state index in [-0.39, 0.29) is 0 Å². The van der Waals surface area contributed by atoms with Crippen molar-refractivity contribution in [1.29, 1.82) is 0 Å². The summed E-state index contributed by atoms with van der Waals surface area (Å²) in [6.07, 6.45) is 0. The third-order valence-corrected chi connectivity index (χ3v) is 4.22. The van der Waals surface area contributed by atoms with Gasteiger partial charge in [0.1, 0.15) is 0 Å². The molecule has 0 atom stereocenters. The quantitative estimate of drug-likeness (QED) is 0.665. The van der Waals surface area contributed by atoms with Gasteiger partial charge < -0.3 is 11.1 Å². The van der Waals surface area contributed by atoms with Crippen LogP contribution in [0.5, 0.6) is 0 Å².